The van der Waals surface area contributed by atoms with Crippen LogP contribution in [0.15, 0.2) is 41.8 Å². The van der Waals surface area contributed by atoms with Gasteiger partial charge in [-0.05, 0) is 48.4 Å². The van der Waals surface area contributed by atoms with Crippen molar-refractivity contribution in [1.29, 1.82) is 0 Å². The first-order chi connectivity index (χ1) is 9.43. The highest BCUT2D eigenvalue weighted by Gasteiger charge is 2.19. The first-order valence-electron chi connectivity index (χ1n) is 6.77. The van der Waals surface area contributed by atoms with Crippen molar-refractivity contribution in [2.45, 2.75) is 25.3 Å². The predicted molar refractivity (Wildman–Crippen MR) is 81.3 cm³/mol. The number of hydrogen-bond acceptors (Lipinski definition) is 2. The van der Waals surface area contributed by atoms with Crippen LogP contribution in [0.1, 0.15) is 34.9 Å². The van der Waals surface area contributed by atoms with Gasteiger partial charge in [0, 0.05) is 16.5 Å². The van der Waals surface area contributed by atoms with Crippen LogP contribution in [0.25, 0.3) is 0 Å². The molecule has 96 valence electrons. The Hall–Kier alpha value is -1.56. The summed E-state index contributed by atoms with van der Waals surface area (Å²) in [4.78, 5) is 1.56. The number of hydrogen-bond donors (Lipinski definition) is 1. The zero-order valence-electron chi connectivity index (χ0n) is 10.9. The van der Waals surface area contributed by atoms with Crippen LogP contribution in [0.3, 0.4) is 0 Å². The summed E-state index contributed by atoms with van der Waals surface area (Å²) in [7, 11) is 0. The molecular weight excluding hydrogens is 250 g/mol. The third-order valence-electron chi connectivity index (χ3n) is 3.50. The Morgan fingerprint density at radius 1 is 1.21 bits per heavy atom. The molecule has 1 unspecified atom stereocenters. The third-order valence-corrected chi connectivity index (χ3v) is 4.49. The highest BCUT2D eigenvalue weighted by Crippen LogP contribution is 2.32. The molecule has 0 saturated heterocycles. The molecule has 1 heterocycles. The quantitative estimate of drug-likeness (QED) is 0.817. The Labute approximate surface area is 118 Å². The van der Waals surface area contributed by atoms with Gasteiger partial charge in [0.25, 0.3) is 0 Å². The van der Waals surface area contributed by atoms with Crippen molar-refractivity contribution in [3.05, 3.63) is 57.8 Å². The molecule has 3 rings (SSSR count). The minimum absolute atomic E-state index is 0.500. The van der Waals surface area contributed by atoms with Crippen LogP contribution in [-0.4, -0.2) is 6.54 Å². The van der Waals surface area contributed by atoms with Crippen LogP contribution in [-0.2, 0) is 6.42 Å². The van der Waals surface area contributed by atoms with Crippen molar-refractivity contribution in [2.75, 3.05) is 6.54 Å². The first-order valence-corrected chi connectivity index (χ1v) is 7.65. The lowest BCUT2D eigenvalue weighted by molar-refractivity contribution is 0.488. The number of fused-ring (bicyclic) bond motifs is 1. The van der Waals surface area contributed by atoms with E-state index in [4.69, 9.17) is 0 Å². The van der Waals surface area contributed by atoms with Crippen molar-refractivity contribution in [3.63, 3.8) is 0 Å². The minimum atomic E-state index is 0.500. The maximum absolute atomic E-state index is 3.57. The number of thiophene rings is 1. The van der Waals surface area contributed by atoms with E-state index in [-0.39, 0.29) is 0 Å². The molecule has 0 radical (unpaired) electrons. The molecule has 0 aliphatic heterocycles. The van der Waals surface area contributed by atoms with Gasteiger partial charge < -0.3 is 0 Å². The smallest absolute Gasteiger partial charge is 0.0585 e. The zero-order valence-corrected chi connectivity index (χ0v) is 11.7. The van der Waals surface area contributed by atoms with Crippen molar-refractivity contribution in [1.82, 2.24) is 5.32 Å². The van der Waals surface area contributed by atoms with Gasteiger partial charge in [-0.15, -0.1) is 11.3 Å². The average molecular weight is 267 g/mol. The van der Waals surface area contributed by atoms with Crippen LogP contribution < -0.4 is 5.32 Å². The molecule has 19 heavy (non-hydrogen) atoms. The molecule has 1 atom stereocenters. The molecule has 0 spiro atoms. The van der Waals surface area contributed by atoms with Gasteiger partial charge in [0.2, 0.25) is 0 Å². The molecule has 2 aromatic rings. The van der Waals surface area contributed by atoms with Crippen LogP contribution in [0.4, 0.5) is 0 Å². The van der Waals surface area contributed by atoms with Gasteiger partial charge in [0.15, 0.2) is 0 Å². The molecule has 0 fully saturated rings. The fourth-order valence-electron chi connectivity index (χ4n) is 2.54. The summed E-state index contributed by atoms with van der Waals surface area (Å²) in [5.74, 6) is 6.41. The number of benzene rings is 1. The Balaban J connectivity index is 1.59. The van der Waals surface area contributed by atoms with Gasteiger partial charge in [0.05, 0.1) is 6.54 Å². The van der Waals surface area contributed by atoms with E-state index in [1.165, 1.54) is 24.8 Å². The van der Waals surface area contributed by atoms with E-state index >= 15 is 0 Å². The molecule has 1 aliphatic carbocycles. The van der Waals surface area contributed by atoms with Crippen LogP contribution in [0.5, 0.6) is 0 Å². The van der Waals surface area contributed by atoms with E-state index in [0.717, 1.165) is 12.1 Å². The molecule has 0 saturated carbocycles. The highest BCUT2D eigenvalue weighted by atomic mass is 32.1. The molecule has 1 N–H and O–H groups in total. The predicted octanol–water partition coefficient (Wildman–Crippen LogP) is 3.77. The Kier molecular flexibility index (Phi) is 3.98. The summed E-state index contributed by atoms with van der Waals surface area (Å²) in [6.45, 7) is 0.759. The van der Waals surface area contributed by atoms with Crippen molar-refractivity contribution in [2.24, 2.45) is 0 Å². The second kappa shape index (κ2) is 6.06. The summed E-state index contributed by atoms with van der Waals surface area (Å²) >= 11 is 1.89. The minimum Gasteiger partial charge on any atom is -0.299 e. The van der Waals surface area contributed by atoms with E-state index in [2.05, 4.69) is 28.6 Å². The Morgan fingerprint density at radius 3 is 3.00 bits per heavy atom. The second-order valence-electron chi connectivity index (χ2n) is 4.79. The zero-order chi connectivity index (χ0) is 12.9. The summed E-state index contributed by atoms with van der Waals surface area (Å²) in [6, 6.07) is 12.9. The Bertz CT molecular complexity index is 588. The maximum atomic E-state index is 3.57. The van der Waals surface area contributed by atoms with Gasteiger partial charge in [0.1, 0.15) is 0 Å². The first kappa shape index (κ1) is 12.5. The molecule has 1 nitrogen and oxygen atoms in total. The van der Waals surface area contributed by atoms with Gasteiger partial charge >= 0.3 is 0 Å². The van der Waals surface area contributed by atoms with Gasteiger partial charge in [-0.2, -0.15) is 0 Å². The summed E-state index contributed by atoms with van der Waals surface area (Å²) in [5, 5.41) is 5.78. The molecule has 2 heteroatoms. The Morgan fingerprint density at radius 2 is 2.11 bits per heavy atom. The van der Waals surface area contributed by atoms with Crippen LogP contribution in [0.2, 0.25) is 0 Å². The molecule has 0 bridgehead atoms. The topological polar surface area (TPSA) is 12.0 Å². The van der Waals surface area contributed by atoms with Gasteiger partial charge in [-0.1, -0.05) is 30.0 Å². The SMILES string of the molecule is C(#Cc1ccccc1)CNC1CCCc2sccc21. The standard InChI is InChI=1S/C17H17NS/c1-2-6-14(7-3-1)8-5-12-18-16-9-4-10-17-15(16)11-13-19-17/h1-3,6-7,11,13,16,18H,4,9-10,12H2. The van der Waals surface area contributed by atoms with Crippen LogP contribution in [0, 0.1) is 11.8 Å². The van der Waals surface area contributed by atoms with Crippen molar-refractivity contribution in [3.8, 4) is 11.8 Å². The monoisotopic (exact) mass is 267 g/mol. The third kappa shape index (κ3) is 3.07. The molecule has 1 aromatic carbocycles. The maximum Gasteiger partial charge on any atom is 0.0585 e. The lowest BCUT2D eigenvalue weighted by Crippen LogP contribution is -2.24. The summed E-state index contributed by atoms with van der Waals surface area (Å²) in [5.41, 5.74) is 2.59. The van der Waals surface area contributed by atoms with Crippen LogP contribution >= 0.6 is 11.3 Å². The second-order valence-corrected chi connectivity index (χ2v) is 5.79. The van der Waals surface area contributed by atoms with E-state index in [9.17, 15) is 0 Å². The number of nitrogens with one attached hydrogen (secondary N) is 1. The molecular formula is C17H17NS. The lowest BCUT2D eigenvalue weighted by atomic mass is 9.94. The molecule has 1 aliphatic rings. The fourth-order valence-corrected chi connectivity index (χ4v) is 3.53. The summed E-state index contributed by atoms with van der Waals surface area (Å²) in [6.07, 6.45) is 3.77. The van der Waals surface area contributed by atoms with Gasteiger partial charge in [-0.3, -0.25) is 5.32 Å². The van der Waals surface area contributed by atoms with E-state index < -0.39 is 0 Å². The fraction of sp³-hybridized carbons (Fsp3) is 0.294. The van der Waals surface area contributed by atoms with Crippen molar-refractivity contribution < 1.29 is 0 Å². The van der Waals surface area contributed by atoms with Crippen molar-refractivity contribution >= 4 is 11.3 Å². The van der Waals surface area contributed by atoms with E-state index in [1.54, 1.807) is 4.88 Å². The number of aryl methyl sites for hydroxylation is 1. The summed E-state index contributed by atoms with van der Waals surface area (Å²) < 4.78 is 0. The average Bonchev–Trinajstić information content (AvgIpc) is 2.94. The molecule has 1 aromatic heterocycles. The highest BCUT2D eigenvalue weighted by molar-refractivity contribution is 7.10. The van der Waals surface area contributed by atoms with E-state index in [1.807, 2.05) is 41.7 Å². The lowest BCUT2D eigenvalue weighted by Gasteiger charge is -2.22. The largest absolute Gasteiger partial charge is 0.299 e. The normalized spacial score (nSPS) is 17.4. The van der Waals surface area contributed by atoms with E-state index in [0.29, 0.717) is 6.04 Å². The molecule has 0 amide bonds. The number of rotatable bonds is 2. The van der Waals surface area contributed by atoms with Gasteiger partial charge in [-0.25, -0.2) is 0 Å².